The van der Waals surface area contributed by atoms with Crippen molar-refractivity contribution in [1.29, 1.82) is 0 Å². The lowest BCUT2D eigenvalue weighted by molar-refractivity contribution is 0.102. The Morgan fingerprint density at radius 1 is 1.25 bits per heavy atom. The van der Waals surface area contributed by atoms with Crippen molar-refractivity contribution in [3.8, 4) is 0 Å². The van der Waals surface area contributed by atoms with E-state index < -0.39 is 11.7 Å². The molecule has 100 valence electrons. The van der Waals surface area contributed by atoms with Crippen molar-refractivity contribution in [2.45, 2.75) is 0 Å². The monoisotopic (exact) mass is 289 g/mol. The number of imidazole rings is 1. The van der Waals surface area contributed by atoms with Gasteiger partial charge in [-0.15, -0.1) is 0 Å². The van der Waals surface area contributed by atoms with Gasteiger partial charge < -0.3 is 4.98 Å². The number of para-hydroxylation sites is 2. The van der Waals surface area contributed by atoms with Crippen LogP contribution in [0.5, 0.6) is 0 Å². The number of nitrogens with zero attached hydrogens (tertiary/aromatic N) is 1. The molecule has 0 unspecified atom stereocenters. The highest BCUT2D eigenvalue weighted by Crippen LogP contribution is 2.17. The van der Waals surface area contributed by atoms with E-state index in [9.17, 15) is 9.18 Å². The second kappa shape index (κ2) is 4.94. The van der Waals surface area contributed by atoms with Gasteiger partial charge in [-0.3, -0.25) is 10.1 Å². The number of hydrogen-bond donors (Lipinski definition) is 2. The summed E-state index contributed by atoms with van der Waals surface area (Å²) in [4.78, 5) is 19.1. The second-order valence-corrected chi connectivity index (χ2v) is 4.62. The standard InChI is InChI=1S/C14H9ClFN3O/c15-8-5-6-10(16)9(7-8)13(20)19-14-17-11-3-1-2-4-12(11)18-14/h1-7H,(H2,17,18,19,20). The molecule has 2 N–H and O–H groups in total. The molecule has 0 aliphatic carbocycles. The van der Waals surface area contributed by atoms with Crippen molar-refractivity contribution in [2.24, 2.45) is 0 Å². The average Bonchev–Trinajstić information content (AvgIpc) is 2.83. The van der Waals surface area contributed by atoms with E-state index >= 15 is 0 Å². The Bertz CT molecular complexity index is 767. The molecule has 0 aliphatic heterocycles. The number of carbonyl (C=O) groups excluding carboxylic acids is 1. The first kappa shape index (κ1) is 12.6. The van der Waals surface area contributed by atoms with Crippen molar-refractivity contribution in [3.05, 3.63) is 58.9 Å². The third-order valence-corrected chi connectivity index (χ3v) is 3.03. The highest BCUT2D eigenvalue weighted by atomic mass is 35.5. The molecule has 3 rings (SSSR count). The van der Waals surface area contributed by atoms with E-state index in [0.29, 0.717) is 5.02 Å². The van der Waals surface area contributed by atoms with Gasteiger partial charge in [0, 0.05) is 5.02 Å². The van der Waals surface area contributed by atoms with Crippen LogP contribution in [-0.2, 0) is 0 Å². The first-order valence-corrected chi connectivity index (χ1v) is 6.22. The van der Waals surface area contributed by atoms with E-state index in [1.54, 1.807) is 0 Å². The van der Waals surface area contributed by atoms with E-state index in [2.05, 4.69) is 15.3 Å². The number of benzene rings is 2. The van der Waals surface area contributed by atoms with Gasteiger partial charge in [0.1, 0.15) is 5.82 Å². The summed E-state index contributed by atoms with van der Waals surface area (Å²) in [7, 11) is 0. The van der Waals surface area contributed by atoms with Gasteiger partial charge in [0.15, 0.2) is 0 Å². The molecule has 20 heavy (non-hydrogen) atoms. The summed E-state index contributed by atoms with van der Waals surface area (Å²) in [6.07, 6.45) is 0. The molecule has 0 fully saturated rings. The Labute approximate surface area is 118 Å². The summed E-state index contributed by atoms with van der Waals surface area (Å²) < 4.78 is 13.6. The van der Waals surface area contributed by atoms with E-state index in [0.717, 1.165) is 17.1 Å². The normalized spacial score (nSPS) is 10.7. The predicted octanol–water partition coefficient (Wildman–Crippen LogP) is 3.61. The number of carbonyl (C=O) groups is 1. The summed E-state index contributed by atoms with van der Waals surface area (Å²) in [5.41, 5.74) is 1.38. The van der Waals surface area contributed by atoms with Crippen LogP contribution in [0, 0.1) is 5.82 Å². The zero-order valence-electron chi connectivity index (χ0n) is 10.2. The first-order valence-electron chi connectivity index (χ1n) is 5.84. The summed E-state index contributed by atoms with van der Waals surface area (Å²) in [5, 5.41) is 2.80. The summed E-state index contributed by atoms with van der Waals surface area (Å²) in [6, 6.07) is 11.1. The van der Waals surface area contributed by atoms with Crippen molar-refractivity contribution < 1.29 is 9.18 Å². The van der Waals surface area contributed by atoms with E-state index in [4.69, 9.17) is 11.6 Å². The van der Waals surface area contributed by atoms with Gasteiger partial charge in [0.2, 0.25) is 5.95 Å². The summed E-state index contributed by atoms with van der Waals surface area (Å²) in [6.45, 7) is 0. The van der Waals surface area contributed by atoms with Gasteiger partial charge in [-0.2, -0.15) is 0 Å². The number of fused-ring (bicyclic) bond motifs is 1. The molecular formula is C14H9ClFN3O. The Balaban J connectivity index is 1.90. The zero-order valence-corrected chi connectivity index (χ0v) is 10.9. The maximum atomic E-state index is 13.6. The lowest BCUT2D eigenvalue weighted by Crippen LogP contribution is -2.14. The Morgan fingerprint density at radius 3 is 2.85 bits per heavy atom. The van der Waals surface area contributed by atoms with E-state index in [1.165, 1.54) is 12.1 Å². The minimum atomic E-state index is -0.636. The van der Waals surface area contributed by atoms with E-state index in [-0.39, 0.29) is 11.5 Å². The Kier molecular flexibility index (Phi) is 3.12. The van der Waals surface area contributed by atoms with Crippen LogP contribution in [-0.4, -0.2) is 15.9 Å². The molecule has 0 saturated heterocycles. The SMILES string of the molecule is O=C(Nc1nc2ccccc2[nH]1)c1cc(Cl)ccc1F. The maximum Gasteiger partial charge on any atom is 0.260 e. The number of H-pyrrole nitrogens is 1. The molecule has 3 aromatic rings. The molecule has 1 heterocycles. The average molecular weight is 290 g/mol. The number of rotatable bonds is 2. The molecule has 0 bridgehead atoms. The molecular weight excluding hydrogens is 281 g/mol. The second-order valence-electron chi connectivity index (χ2n) is 4.18. The van der Waals surface area contributed by atoms with Crippen molar-refractivity contribution in [1.82, 2.24) is 9.97 Å². The highest BCUT2D eigenvalue weighted by Gasteiger charge is 2.14. The highest BCUT2D eigenvalue weighted by molar-refractivity contribution is 6.31. The molecule has 0 aliphatic rings. The fourth-order valence-electron chi connectivity index (χ4n) is 1.86. The molecule has 1 aromatic heterocycles. The largest absolute Gasteiger partial charge is 0.324 e. The number of aromatic nitrogens is 2. The maximum absolute atomic E-state index is 13.6. The summed E-state index contributed by atoms with van der Waals surface area (Å²) >= 11 is 5.76. The van der Waals surface area contributed by atoms with Crippen LogP contribution in [0.1, 0.15) is 10.4 Å². The Hall–Kier alpha value is -2.40. The number of hydrogen-bond acceptors (Lipinski definition) is 2. The fourth-order valence-corrected chi connectivity index (χ4v) is 2.03. The molecule has 4 nitrogen and oxygen atoms in total. The van der Waals surface area contributed by atoms with Crippen LogP contribution in [0.4, 0.5) is 10.3 Å². The van der Waals surface area contributed by atoms with Gasteiger partial charge in [-0.25, -0.2) is 9.37 Å². The van der Waals surface area contributed by atoms with Crippen LogP contribution < -0.4 is 5.32 Å². The topological polar surface area (TPSA) is 57.8 Å². The van der Waals surface area contributed by atoms with Crippen LogP contribution >= 0.6 is 11.6 Å². The number of anilines is 1. The van der Waals surface area contributed by atoms with Gasteiger partial charge in [0.25, 0.3) is 5.91 Å². The fraction of sp³-hybridized carbons (Fsp3) is 0. The van der Waals surface area contributed by atoms with Gasteiger partial charge in [-0.1, -0.05) is 23.7 Å². The quantitative estimate of drug-likeness (QED) is 0.757. The van der Waals surface area contributed by atoms with E-state index in [1.807, 2.05) is 24.3 Å². The first-order chi connectivity index (χ1) is 9.63. The molecule has 0 spiro atoms. The third-order valence-electron chi connectivity index (χ3n) is 2.79. The van der Waals surface area contributed by atoms with Gasteiger partial charge in [-0.05, 0) is 30.3 Å². The molecule has 6 heteroatoms. The molecule has 2 aromatic carbocycles. The number of aromatic amines is 1. The lowest BCUT2D eigenvalue weighted by Gasteiger charge is -2.03. The molecule has 0 atom stereocenters. The smallest absolute Gasteiger partial charge is 0.260 e. The van der Waals surface area contributed by atoms with Gasteiger partial charge >= 0.3 is 0 Å². The minimum absolute atomic E-state index is 0.127. The summed E-state index contributed by atoms with van der Waals surface area (Å²) in [5.74, 6) is -0.984. The predicted molar refractivity (Wildman–Crippen MR) is 75.5 cm³/mol. The number of nitrogens with one attached hydrogen (secondary N) is 2. The lowest BCUT2D eigenvalue weighted by atomic mass is 10.2. The van der Waals surface area contributed by atoms with Crippen LogP contribution in [0.25, 0.3) is 11.0 Å². The van der Waals surface area contributed by atoms with Gasteiger partial charge in [0.05, 0.1) is 16.6 Å². The van der Waals surface area contributed by atoms with Crippen molar-refractivity contribution in [2.75, 3.05) is 5.32 Å². The van der Waals surface area contributed by atoms with Crippen molar-refractivity contribution >= 4 is 34.5 Å². The number of amides is 1. The zero-order chi connectivity index (χ0) is 14.1. The Morgan fingerprint density at radius 2 is 2.05 bits per heavy atom. The van der Waals surface area contributed by atoms with Crippen molar-refractivity contribution in [3.63, 3.8) is 0 Å². The molecule has 0 radical (unpaired) electrons. The minimum Gasteiger partial charge on any atom is -0.324 e. The molecule has 1 amide bonds. The van der Waals surface area contributed by atoms with Crippen LogP contribution in [0.15, 0.2) is 42.5 Å². The van der Waals surface area contributed by atoms with Crippen LogP contribution in [0.2, 0.25) is 5.02 Å². The number of halogens is 2. The van der Waals surface area contributed by atoms with Crippen LogP contribution in [0.3, 0.4) is 0 Å². The third kappa shape index (κ3) is 2.35. The molecule has 0 saturated carbocycles.